The molecule has 0 atom stereocenters. The van der Waals surface area contributed by atoms with E-state index in [-0.39, 0.29) is 4.32 Å². The molecule has 4 rings (SSSR count). The fourth-order valence-electron chi connectivity index (χ4n) is 2.90. The van der Waals surface area contributed by atoms with Gasteiger partial charge in [0.25, 0.3) is 11.8 Å². The van der Waals surface area contributed by atoms with Gasteiger partial charge in [0.2, 0.25) is 0 Å². The Morgan fingerprint density at radius 1 is 1.19 bits per heavy atom. The lowest BCUT2D eigenvalue weighted by molar-refractivity contribution is -0.123. The van der Waals surface area contributed by atoms with Crippen LogP contribution in [-0.2, 0) is 4.79 Å². The molecule has 2 heterocycles. The van der Waals surface area contributed by atoms with Gasteiger partial charge in [-0.1, -0.05) is 41.6 Å². The molecule has 3 aromatic rings. The minimum Gasteiger partial charge on any atom is -0.496 e. The molecule has 156 valence electrons. The van der Waals surface area contributed by atoms with Crippen LogP contribution in [0.1, 0.15) is 16.1 Å². The number of hydrogen-bond acceptors (Lipinski definition) is 6. The Hall–Kier alpha value is -3.07. The molecule has 1 saturated heterocycles. The van der Waals surface area contributed by atoms with Gasteiger partial charge in [0.15, 0.2) is 4.32 Å². The Balaban J connectivity index is 1.54. The van der Waals surface area contributed by atoms with Gasteiger partial charge in [-0.3, -0.25) is 15.0 Å². The van der Waals surface area contributed by atoms with Gasteiger partial charge in [-0.25, -0.2) is 0 Å². The largest absolute Gasteiger partial charge is 0.496 e. The molecule has 1 aromatic heterocycles. The third kappa shape index (κ3) is 4.51. The van der Waals surface area contributed by atoms with Crippen LogP contribution in [0.5, 0.6) is 5.75 Å². The summed E-state index contributed by atoms with van der Waals surface area (Å²) in [6.07, 6.45) is 1.58. The highest BCUT2D eigenvalue weighted by Gasteiger charge is 2.34. The number of furan rings is 1. The Morgan fingerprint density at radius 2 is 1.97 bits per heavy atom. The van der Waals surface area contributed by atoms with Crippen LogP contribution in [0.15, 0.2) is 70.0 Å². The number of hydrogen-bond donors (Lipinski definition) is 1. The molecule has 0 radical (unpaired) electrons. The number of thiocarbonyl (C=S) groups is 1. The van der Waals surface area contributed by atoms with E-state index >= 15 is 0 Å². The highest BCUT2D eigenvalue weighted by Crippen LogP contribution is 2.36. The van der Waals surface area contributed by atoms with Gasteiger partial charge >= 0.3 is 0 Å². The number of nitrogens with one attached hydrogen (secondary N) is 1. The lowest BCUT2D eigenvalue weighted by Gasteiger charge is -2.15. The number of carbonyl (C=O) groups is 2. The number of hydrazine groups is 1. The van der Waals surface area contributed by atoms with Crippen LogP contribution in [0.4, 0.5) is 0 Å². The first-order valence-electron chi connectivity index (χ1n) is 9.04. The number of carbonyl (C=O) groups excluding carboxylic acids is 2. The van der Waals surface area contributed by atoms with Crippen molar-refractivity contribution in [2.45, 2.75) is 0 Å². The quantitative estimate of drug-likeness (QED) is 0.410. The van der Waals surface area contributed by atoms with E-state index in [1.807, 2.05) is 0 Å². The van der Waals surface area contributed by atoms with Gasteiger partial charge in [0.05, 0.1) is 17.6 Å². The van der Waals surface area contributed by atoms with E-state index in [4.69, 9.17) is 33.0 Å². The number of nitrogens with zero attached hydrogens (tertiary/aromatic N) is 1. The molecule has 0 spiro atoms. The van der Waals surface area contributed by atoms with Crippen molar-refractivity contribution in [1.82, 2.24) is 10.4 Å². The standard InChI is InChI=1S/C22H15ClN2O4S2/c1-28-17-9-7-14(23)11-16(17)18-10-8-15(29-18)12-19-21(27)25(22(30)31-19)24-20(26)13-5-3-2-4-6-13/h2-12H,1H3,(H,24,26)/b19-12+. The third-order valence-electron chi connectivity index (χ3n) is 4.37. The van der Waals surface area contributed by atoms with E-state index in [1.165, 1.54) is 0 Å². The van der Waals surface area contributed by atoms with E-state index in [0.717, 1.165) is 16.8 Å². The van der Waals surface area contributed by atoms with Crippen LogP contribution in [0.2, 0.25) is 5.02 Å². The van der Waals surface area contributed by atoms with Crippen LogP contribution >= 0.6 is 35.6 Å². The molecule has 0 unspecified atom stereocenters. The van der Waals surface area contributed by atoms with E-state index in [9.17, 15) is 9.59 Å². The van der Waals surface area contributed by atoms with Crippen LogP contribution < -0.4 is 10.2 Å². The fourth-order valence-corrected chi connectivity index (χ4v) is 4.23. The number of rotatable bonds is 5. The Kier molecular flexibility index (Phi) is 6.13. The summed E-state index contributed by atoms with van der Waals surface area (Å²) in [4.78, 5) is 25.5. The minimum absolute atomic E-state index is 0.226. The first kappa shape index (κ1) is 21.2. The highest BCUT2D eigenvalue weighted by molar-refractivity contribution is 8.26. The maximum Gasteiger partial charge on any atom is 0.285 e. The van der Waals surface area contributed by atoms with Gasteiger partial charge in [-0.2, -0.15) is 5.01 Å². The molecule has 2 amide bonds. The molecular formula is C22H15ClN2O4S2. The smallest absolute Gasteiger partial charge is 0.285 e. The number of ether oxygens (including phenoxy) is 1. The van der Waals surface area contributed by atoms with Crippen LogP contribution in [0, 0.1) is 0 Å². The first-order chi connectivity index (χ1) is 15.0. The van der Waals surface area contributed by atoms with Crippen LogP contribution in [0.3, 0.4) is 0 Å². The van der Waals surface area contributed by atoms with Gasteiger partial charge in [0, 0.05) is 16.7 Å². The lowest BCUT2D eigenvalue weighted by atomic mass is 10.1. The number of amides is 2. The Bertz CT molecular complexity index is 1210. The summed E-state index contributed by atoms with van der Waals surface area (Å²) in [5.41, 5.74) is 3.66. The molecule has 1 aliphatic rings. The van der Waals surface area contributed by atoms with E-state index in [0.29, 0.717) is 38.3 Å². The highest BCUT2D eigenvalue weighted by atomic mass is 35.5. The molecule has 2 aromatic carbocycles. The van der Waals surface area contributed by atoms with Crippen LogP contribution in [-0.4, -0.2) is 28.3 Å². The average molecular weight is 471 g/mol. The molecule has 0 aliphatic carbocycles. The topological polar surface area (TPSA) is 71.8 Å². The van der Waals surface area contributed by atoms with Gasteiger partial charge in [0.1, 0.15) is 17.3 Å². The SMILES string of the molecule is COc1ccc(Cl)cc1-c1ccc(/C=C2/SC(=S)N(NC(=O)c3ccccc3)C2=O)o1. The second-order valence-electron chi connectivity index (χ2n) is 6.37. The predicted molar refractivity (Wildman–Crippen MR) is 125 cm³/mol. The molecular weight excluding hydrogens is 456 g/mol. The molecule has 0 saturated carbocycles. The molecule has 0 bridgehead atoms. The first-order valence-corrected chi connectivity index (χ1v) is 10.6. The summed E-state index contributed by atoms with van der Waals surface area (Å²) in [5.74, 6) is 0.745. The zero-order valence-electron chi connectivity index (χ0n) is 16.1. The fraction of sp³-hybridized carbons (Fsp3) is 0.0455. The molecule has 1 aliphatic heterocycles. The van der Waals surface area contributed by atoms with Crippen molar-refractivity contribution in [3.63, 3.8) is 0 Å². The molecule has 9 heteroatoms. The van der Waals surface area contributed by atoms with Crippen molar-refractivity contribution in [3.8, 4) is 17.1 Å². The minimum atomic E-state index is -0.433. The maximum absolute atomic E-state index is 12.8. The summed E-state index contributed by atoms with van der Waals surface area (Å²) in [6.45, 7) is 0. The number of halogens is 1. The van der Waals surface area contributed by atoms with E-state index in [1.54, 1.807) is 73.8 Å². The molecule has 31 heavy (non-hydrogen) atoms. The Morgan fingerprint density at radius 3 is 2.71 bits per heavy atom. The third-order valence-corrected chi connectivity index (χ3v) is 5.91. The number of methoxy groups -OCH3 is 1. The van der Waals surface area contributed by atoms with Crippen molar-refractivity contribution >= 4 is 57.8 Å². The van der Waals surface area contributed by atoms with Crippen molar-refractivity contribution in [2.75, 3.05) is 7.11 Å². The number of thioether (sulfide) groups is 1. The lowest BCUT2D eigenvalue weighted by Crippen LogP contribution is -2.44. The molecule has 6 nitrogen and oxygen atoms in total. The predicted octanol–water partition coefficient (Wildman–Crippen LogP) is 5.15. The normalized spacial score (nSPS) is 14.9. The van der Waals surface area contributed by atoms with Crippen LogP contribution in [0.25, 0.3) is 17.4 Å². The summed E-state index contributed by atoms with van der Waals surface area (Å²) in [5, 5.41) is 1.61. The second kappa shape index (κ2) is 8.97. The van der Waals surface area contributed by atoms with Gasteiger partial charge in [-0.15, -0.1) is 0 Å². The zero-order valence-corrected chi connectivity index (χ0v) is 18.5. The summed E-state index contributed by atoms with van der Waals surface area (Å²) >= 11 is 12.4. The number of benzene rings is 2. The zero-order chi connectivity index (χ0) is 22.0. The van der Waals surface area contributed by atoms with Crippen molar-refractivity contribution in [2.24, 2.45) is 0 Å². The summed E-state index contributed by atoms with van der Waals surface area (Å²) in [7, 11) is 1.56. The Labute approximate surface area is 192 Å². The maximum atomic E-state index is 12.8. The van der Waals surface area contributed by atoms with Crippen molar-refractivity contribution in [1.29, 1.82) is 0 Å². The van der Waals surface area contributed by atoms with E-state index < -0.39 is 11.8 Å². The van der Waals surface area contributed by atoms with Gasteiger partial charge < -0.3 is 9.15 Å². The van der Waals surface area contributed by atoms with Crippen molar-refractivity contribution < 1.29 is 18.7 Å². The van der Waals surface area contributed by atoms with Gasteiger partial charge in [-0.05, 0) is 54.7 Å². The van der Waals surface area contributed by atoms with Crippen molar-refractivity contribution in [3.05, 3.63) is 81.9 Å². The molecule has 1 fully saturated rings. The summed E-state index contributed by atoms with van der Waals surface area (Å²) in [6, 6.07) is 17.3. The average Bonchev–Trinajstić information content (AvgIpc) is 3.34. The summed E-state index contributed by atoms with van der Waals surface area (Å²) < 4.78 is 11.5. The molecule has 1 N–H and O–H groups in total. The second-order valence-corrected chi connectivity index (χ2v) is 8.48. The monoisotopic (exact) mass is 470 g/mol. The van der Waals surface area contributed by atoms with E-state index in [2.05, 4.69) is 5.43 Å².